The number of rotatable bonds is 5. The third-order valence-electron chi connectivity index (χ3n) is 9.12. The van der Waals surface area contributed by atoms with Crippen molar-refractivity contribution in [3.63, 3.8) is 0 Å². The first-order valence-corrected chi connectivity index (χ1v) is 15.6. The second kappa shape index (κ2) is 10.3. The lowest BCUT2D eigenvalue weighted by Gasteiger charge is -2.46. The summed E-state index contributed by atoms with van der Waals surface area (Å²) < 4.78 is 19.5. The maximum absolute atomic E-state index is 13.2. The predicted octanol–water partition coefficient (Wildman–Crippen LogP) is 5.49. The minimum atomic E-state index is -0.863. The molecule has 1 amide bonds. The second-order valence-corrected chi connectivity index (χ2v) is 13.7. The highest BCUT2D eigenvalue weighted by molar-refractivity contribution is 7.85. The zero-order valence-corrected chi connectivity index (χ0v) is 23.4. The van der Waals surface area contributed by atoms with Crippen LogP contribution in [0.25, 0.3) is 0 Å². The largest absolute Gasteiger partial charge is 0.367 e. The predicted molar refractivity (Wildman–Crippen MR) is 148 cm³/mol. The van der Waals surface area contributed by atoms with Gasteiger partial charge < -0.3 is 14.5 Å². The first kappa shape index (κ1) is 25.8. The number of morpholine rings is 1. The molecule has 2 aromatic carbocycles. The topological polar surface area (TPSA) is 49.9 Å². The summed E-state index contributed by atoms with van der Waals surface area (Å²) in [4.78, 5) is 17.7. The van der Waals surface area contributed by atoms with Crippen LogP contribution in [0.5, 0.6) is 0 Å². The van der Waals surface area contributed by atoms with Gasteiger partial charge in [-0.3, -0.25) is 9.00 Å². The van der Waals surface area contributed by atoms with E-state index in [1.54, 1.807) is 0 Å². The number of fused-ring (bicyclic) bond motifs is 2. The van der Waals surface area contributed by atoms with Crippen LogP contribution in [0.15, 0.2) is 42.5 Å². The van der Waals surface area contributed by atoms with Gasteiger partial charge in [-0.05, 0) is 74.0 Å². The van der Waals surface area contributed by atoms with Gasteiger partial charge in [-0.1, -0.05) is 60.0 Å². The van der Waals surface area contributed by atoms with E-state index in [1.165, 1.54) is 11.1 Å². The SMILES string of the molecule is O=C(C1CCC1)N1CCOC(CCN2CCC3(CC2)c2ccccc2CS3=O)(c2ccc(Cl)c(Cl)c2)C1. The number of carbonyl (C=O) groups is 1. The van der Waals surface area contributed by atoms with Gasteiger partial charge in [0.1, 0.15) is 5.60 Å². The highest BCUT2D eigenvalue weighted by Crippen LogP contribution is 2.47. The molecule has 5 nitrogen and oxygen atoms in total. The molecule has 1 saturated carbocycles. The van der Waals surface area contributed by atoms with Crippen LogP contribution in [0.2, 0.25) is 10.0 Å². The number of piperidine rings is 1. The van der Waals surface area contributed by atoms with Crippen LogP contribution >= 0.6 is 23.2 Å². The molecular formula is C29H34Cl2N2O3S. The Bertz CT molecular complexity index is 1210. The molecule has 1 aliphatic carbocycles. The van der Waals surface area contributed by atoms with Gasteiger partial charge in [0, 0.05) is 35.6 Å². The highest BCUT2D eigenvalue weighted by atomic mass is 35.5. The fourth-order valence-corrected chi connectivity index (χ4v) is 8.79. The zero-order chi connectivity index (χ0) is 25.6. The number of carbonyl (C=O) groups excluding carboxylic acids is 1. The number of likely N-dealkylation sites (tertiary alicyclic amines) is 1. The molecule has 3 heterocycles. The molecule has 37 heavy (non-hydrogen) atoms. The number of hydrogen-bond donors (Lipinski definition) is 0. The minimum Gasteiger partial charge on any atom is -0.367 e. The van der Waals surface area contributed by atoms with Crippen molar-refractivity contribution in [3.05, 3.63) is 69.2 Å². The molecule has 0 radical (unpaired) electrons. The molecule has 0 aromatic heterocycles. The fourth-order valence-electron chi connectivity index (χ4n) is 6.60. The van der Waals surface area contributed by atoms with E-state index in [4.69, 9.17) is 27.9 Å². The van der Waals surface area contributed by atoms with Gasteiger partial charge in [0.05, 0.1) is 27.9 Å². The molecule has 3 fully saturated rings. The van der Waals surface area contributed by atoms with E-state index >= 15 is 0 Å². The molecule has 8 heteroatoms. The van der Waals surface area contributed by atoms with Gasteiger partial charge in [0.2, 0.25) is 5.91 Å². The lowest BCUT2D eigenvalue weighted by atomic mass is 9.82. The number of ether oxygens (including phenoxy) is 1. The standard InChI is InChI=1S/C29H34Cl2N2O3S/c30-25-9-8-23(18-26(25)31)28(20-33(16-17-36-28)27(34)21-5-3-6-21)10-13-32-14-11-29(12-15-32)24-7-2-1-4-22(24)19-37(29)35/h1-2,4,7-9,18,21H,3,5-6,10-17,19-20H2. The smallest absolute Gasteiger partial charge is 0.225 e. The van der Waals surface area contributed by atoms with Crippen molar-refractivity contribution in [2.45, 2.75) is 54.6 Å². The fraction of sp³-hybridized carbons (Fsp3) is 0.552. The first-order valence-electron chi connectivity index (χ1n) is 13.5. The van der Waals surface area contributed by atoms with Crippen molar-refractivity contribution in [1.29, 1.82) is 0 Å². The van der Waals surface area contributed by atoms with Gasteiger partial charge in [-0.25, -0.2) is 0 Å². The van der Waals surface area contributed by atoms with Gasteiger partial charge in [0.25, 0.3) is 0 Å². The van der Waals surface area contributed by atoms with Crippen molar-refractivity contribution in [2.75, 3.05) is 39.3 Å². The molecule has 3 aliphatic heterocycles. The van der Waals surface area contributed by atoms with Crippen molar-refractivity contribution < 1.29 is 13.7 Å². The van der Waals surface area contributed by atoms with Crippen LogP contribution in [-0.2, 0) is 36.4 Å². The van der Waals surface area contributed by atoms with Gasteiger partial charge in [-0.2, -0.15) is 0 Å². The third-order valence-corrected chi connectivity index (χ3v) is 11.9. The summed E-state index contributed by atoms with van der Waals surface area (Å²) in [6.07, 6.45) is 5.70. The molecule has 0 bridgehead atoms. The molecule has 198 valence electrons. The average molecular weight is 562 g/mol. The van der Waals surface area contributed by atoms with E-state index in [0.29, 0.717) is 35.5 Å². The van der Waals surface area contributed by atoms with Crippen LogP contribution in [0, 0.1) is 5.92 Å². The normalized spacial score (nSPS) is 27.7. The molecule has 2 unspecified atom stereocenters. The number of benzene rings is 2. The van der Waals surface area contributed by atoms with Crippen molar-refractivity contribution in [3.8, 4) is 0 Å². The summed E-state index contributed by atoms with van der Waals surface area (Å²) in [7, 11) is -0.863. The van der Waals surface area contributed by atoms with Crippen molar-refractivity contribution >= 4 is 39.9 Å². The Labute approximate surface area is 231 Å². The van der Waals surface area contributed by atoms with E-state index in [-0.39, 0.29) is 16.6 Å². The minimum absolute atomic E-state index is 0.165. The first-order chi connectivity index (χ1) is 17.9. The summed E-state index contributed by atoms with van der Waals surface area (Å²) in [5, 5.41) is 1.02. The van der Waals surface area contributed by atoms with Crippen LogP contribution < -0.4 is 0 Å². The van der Waals surface area contributed by atoms with Crippen LogP contribution in [-0.4, -0.2) is 59.2 Å². The summed E-state index contributed by atoms with van der Waals surface area (Å²) in [5.41, 5.74) is 2.90. The summed E-state index contributed by atoms with van der Waals surface area (Å²) in [6, 6.07) is 14.2. The average Bonchev–Trinajstić information content (AvgIpc) is 3.15. The summed E-state index contributed by atoms with van der Waals surface area (Å²) in [6.45, 7) is 4.34. The molecule has 1 spiro atoms. The third kappa shape index (κ3) is 4.67. The molecule has 2 aromatic rings. The number of amides is 1. The Morgan fingerprint density at radius 3 is 2.57 bits per heavy atom. The van der Waals surface area contributed by atoms with Crippen LogP contribution in [0.1, 0.15) is 55.2 Å². The van der Waals surface area contributed by atoms with E-state index in [2.05, 4.69) is 29.2 Å². The maximum Gasteiger partial charge on any atom is 0.225 e. The lowest BCUT2D eigenvalue weighted by Crippen LogP contribution is -2.55. The summed E-state index contributed by atoms with van der Waals surface area (Å²) in [5.74, 6) is 1.11. The molecule has 2 atom stereocenters. The van der Waals surface area contributed by atoms with Crippen molar-refractivity contribution in [2.24, 2.45) is 5.92 Å². The van der Waals surface area contributed by atoms with E-state index in [0.717, 1.165) is 63.7 Å². The van der Waals surface area contributed by atoms with Gasteiger partial charge in [0.15, 0.2) is 0 Å². The molecule has 2 saturated heterocycles. The van der Waals surface area contributed by atoms with E-state index < -0.39 is 16.4 Å². The summed E-state index contributed by atoms with van der Waals surface area (Å²) >= 11 is 12.7. The second-order valence-electron chi connectivity index (χ2n) is 11.1. The molecule has 0 N–H and O–H groups in total. The molecular weight excluding hydrogens is 527 g/mol. The van der Waals surface area contributed by atoms with Gasteiger partial charge >= 0.3 is 0 Å². The quantitative estimate of drug-likeness (QED) is 0.485. The van der Waals surface area contributed by atoms with E-state index in [1.807, 2.05) is 23.1 Å². The molecule has 4 aliphatic rings. The Kier molecular flexibility index (Phi) is 7.17. The van der Waals surface area contributed by atoms with Crippen LogP contribution in [0.3, 0.4) is 0 Å². The monoisotopic (exact) mass is 560 g/mol. The Morgan fingerprint density at radius 2 is 1.84 bits per heavy atom. The molecule has 6 rings (SSSR count). The number of halogens is 2. The van der Waals surface area contributed by atoms with E-state index in [9.17, 15) is 9.00 Å². The highest BCUT2D eigenvalue weighted by Gasteiger charge is 2.48. The number of hydrogen-bond acceptors (Lipinski definition) is 4. The number of nitrogens with zero attached hydrogens (tertiary/aromatic N) is 2. The van der Waals surface area contributed by atoms with Crippen molar-refractivity contribution in [1.82, 2.24) is 9.80 Å². The zero-order valence-electron chi connectivity index (χ0n) is 21.1. The Morgan fingerprint density at radius 1 is 1.05 bits per heavy atom. The van der Waals surface area contributed by atoms with Gasteiger partial charge in [-0.15, -0.1) is 0 Å². The Hall–Kier alpha value is -1.44. The van der Waals surface area contributed by atoms with Crippen LogP contribution in [0.4, 0.5) is 0 Å². The lowest BCUT2D eigenvalue weighted by molar-refractivity contribution is -0.160. The Balaban J connectivity index is 1.19. The maximum atomic E-state index is 13.2.